The minimum atomic E-state index is 0.251. The monoisotopic (exact) mass is 211 g/mol. The number of anilines is 3. The molecule has 1 aromatic heterocycles. The van der Waals surface area contributed by atoms with Crippen molar-refractivity contribution in [2.75, 3.05) is 43.2 Å². The Bertz CT molecular complexity index is 305. The maximum atomic E-state index is 5.53. The zero-order chi connectivity index (χ0) is 11.1. The van der Waals surface area contributed by atoms with Crippen LogP contribution in [0, 0.1) is 0 Å². The van der Waals surface area contributed by atoms with Gasteiger partial charge in [0, 0.05) is 26.3 Å². The van der Waals surface area contributed by atoms with Crippen molar-refractivity contribution in [1.29, 1.82) is 0 Å². The third kappa shape index (κ3) is 3.99. The van der Waals surface area contributed by atoms with Crippen LogP contribution in [0.25, 0.3) is 0 Å². The van der Waals surface area contributed by atoms with Gasteiger partial charge < -0.3 is 21.1 Å². The van der Waals surface area contributed by atoms with Crippen LogP contribution in [-0.2, 0) is 4.74 Å². The summed E-state index contributed by atoms with van der Waals surface area (Å²) in [7, 11) is 1.78. The highest BCUT2D eigenvalue weighted by atomic mass is 16.5. The van der Waals surface area contributed by atoms with Gasteiger partial charge in [-0.15, -0.1) is 0 Å². The van der Waals surface area contributed by atoms with Crippen molar-refractivity contribution in [3.05, 3.63) is 6.07 Å². The standard InChI is InChI=1S/C9H17N5O/c1-3-15-5-4-12-8-6-7(11-2)13-9(10)14-8/h6H,3-5H2,1-2H3,(H4,10,11,12,13,14). The van der Waals surface area contributed by atoms with Gasteiger partial charge in [-0.1, -0.05) is 0 Å². The molecule has 1 aromatic rings. The van der Waals surface area contributed by atoms with Gasteiger partial charge in [-0.25, -0.2) is 0 Å². The lowest BCUT2D eigenvalue weighted by atomic mass is 10.5. The molecule has 0 radical (unpaired) electrons. The Balaban J connectivity index is 2.49. The molecule has 84 valence electrons. The average molecular weight is 211 g/mol. The Morgan fingerprint density at radius 3 is 2.80 bits per heavy atom. The summed E-state index contributed by atoms with van der Waals surface area (Å²) in [4.78, 5) is 8.02. The predicted molar refractivity (Wildman–Crippen MR) is 61.0 cm³/mol. The predicted octanol–water partition coefficient (Wildman–Crippen LogP) is 0.549. The number of nitrogens with one attached hydrogen (secondary N) is 2. The summed E-state index contributed by atoms with van der Waals surface area (Å²) in [5, 5.41) is 6.01. The van der Waals surface area contributed by atoms with Crippen molar-refractivity contribution in [2.24, 2.45) is 0 Å². The summed E-state index contributed by atoms with van der Waals surface area (Å²) < 4.78 is 5.19. The maximum Gasteiger partial charge on any atom is 0.223 e. The minimum absolute atomic E-state index is 0.251. The van der Waals surface area contributed by atoms with Gasteiger partial charge >= 0.3 is 0 Å². The van der Waals surface area contributed by atoms with E-state index >= 15 is 0 Å². The molecule has 0 saturated carbocycles. The fourth-order valence-electron chi connectivity index (χ4n) is 1.08. The molecule has 15 heavy (non-hydrogen) atoms. The lowest BCUT2D eigenvalue weighted by Gasteiger charge is -2.07. The number of nitrogens with two attached hydrogens (primary N) is 1. The first-order valence-electron chi connectivity index (χ1n) is 4.90. The Labute approximate surface area is 89.2 Å². The zero-order valence-corrected chi connectivity index (χ0v) is 9.08. The molecule has 0 aliphatic rings. The van der Waals surface area contributed by atoms with Crippen LogP contribution < -0.4 is 16.4 Å². The van der Waals surface area contributed by atoms with E-state index in [2.05, 4.69) is 20.6 Å². The number of rotatable bonds is 6. The third-order valence-electron chi connectivity index (χ3n) is 1.76. The first-order valence-corrected chi connectivity index (χ1v) is 4.90. The van der Waals surface area contributed by atoms with Crippen molar-refractivity contribution >= 4 is 17.6 Å². The van der Waals surface area contributed by atoms with Gasteiger partial charge in [0.2, 0.25) is 5.95 Å². The SMILES string of the molecule is CCOCCNc1cc(NC)nc(N)n1. The average Bonchev–Trinajstić information content (AvgIpc) is 2.23. The Hall–Kier alpha value is -1.56. The van der Waals surface area contributed by atoms with Crippen LogP contribution in [-0.4, -0.2) is 36.8 Å². The highest BCUT2D eigenvalue weighted by Gasteiger charge is 1.99. The van der Waals surface area contributed by atoms with E-state index in [1.165, 1.54) is 0 Å². The first kappa shape index (κ1) is 11.5. The van der Waals surface area contributed by atoms with Crippen LogP contribution in [0.3, 0.4) is 0 Å². The molecular formula is C9H17N5O. The van der Waals surface area contributed by atoms with E-state index in [1.807, 2.05) is 6.92 Å². The minimum Gasteiger partial charge on any atom is -0.380 e. The fraction of sp³-hybridized carbons (Fsp3) is 0.556. The number of nitrogen functional groups attached to an aromatic ring is 1. The molecule has 0 aliphatic carbocycles. The van der Waals surface area contributed by atoms with Crippen molar-refractivity contribution in [2.45, 2.75) is 6.92 Å². The van der Waals surface area contributed by atoms with Crippen molar-refractivity contribution in [3.63, 3.8) is 0 Å². The Morgan fingerprint density at radius 1 is 1.40 bits per heavy atom. The first-order chi connectivity index (χ1) is 7.26. The van der Waals surface area contributed by atoms with Crippen molar-refractivity contribution in [3.8, 4) is 0 Å². The molecule has 6 heteroatoms. The summed E-state index contributed by atoms with van der Waals surface area (Å²) in [6.07, 6.45) is 0. The van der Waals surface area contributed by atoms with E-state index in [9.17, 15) is 0 Å². The molecule has 0 unspecified atom stereocenters. The lowest BCUT2D eigenvalue weighted by molar-refractivity contribution is 0.158. The molecule has 0 spiro atoms. The molecule has 1 heterocycles. The molecule has 0 saturated heterocycles. The van der Waals surface area contributed by atoms with Crippen molar-refractivity contribution in [1.82, 2.24) is 9.97 Å². The summed E-state index contributed by atoms with van der Waals surface area (Å²) >= 11 is 0. The highest BCUT2D eigenvalue weighted by molar-refractivity contribution is 5.50. The van der Waals surface area contributed by atoms with Gasteiger partial charge in [-0.05, 0) is 6.92 Å². The molecule has 0 amide bonds. The normalized spacial score (nSPS) is 10.0. The molecule has 1 rings (SSSR count). The van der Waals surface area contributed by atoms with Crippen LogP contribution in [0.15, 0.2) is 6.07 Å². The molecule has 0 bridgehead atoms. The smallest absolute Gasteiger partial charge is 0.223 e. The van der Waals surface area contributed by atoms with Gasteiger partial charge in [0.05, 0.1) is 6.61 Å². The number of hydrogen-bond acceptors (Lipinski definition) is 6. The number of hydrogen-bond donors (Lipinski definition) is 3. The topological polar surface area (TPSA) is 85.1 Å². The summed E-state index contributed by atoms with van der Waals surface area (Å²) in [5.74, 6) is 1.65. The van der Waals surface area contributed by atoms with Crippen LogP contribution in [0.1, 0.15) is 6.92 Å². The third-order valence-corrected chi connectivity index (χ3v) is 1.76. The molecule has 0 aromatic carbocycles. The number of ether oxygens (including phenoxy) is 1. The molecule has 0 aliphatic heterocycles. The Kier molecular flexibility index (Phi) is 4.62. The van der Waals surface area contributed by atoms with Gasteiger partial charge in [0.1, 0.15) is 11.6 Å². The second kappa shape index (κ2) is 6.02. The van der Waals surface area contributed by atoms with Crippen LogP contribution in [0.5, 0.6) is 0 Å². The summed E-state index contributed by atoms with van der Waals surface area (Å²) in [6, 6.07) is 1.79. The highest BCUT2D eigenvalue weighted by Crippen LogP contribution is 2.10. The second-order valence-corrected chi connectivity index (χ2v) is 2.87. The van der Waals surface area contributed by atoms with E-state index < -0.39 is 0 Å². The second-order valence-electron chi connectivity index (χ2n) is 2.87. The van der Waals surface area contributed by atoms with Gasteiger partial charge in [-0.2, -0.15) is 9.97 Å². The van der Waals surface area contributed by atoms with Crippen molar-refractivity contribution < 1.29 is 4.74 Å². The van der Waals surface area contributed by atoms with Crippen LogP contribution in [0.4, 0.5) is 17.6 Å². The quantitative estimate of drug-likeness (QED) is 0.596. The molecule has 4 N–H and O–H groups in total. The van der Waals surface area contributed by atoms with Gasteiger partial charge in [0.25, 0.3) is 0 Å². The molecular weight excluding hydrogens is 194 g/mol. The van der Waals surface area contributed by atoms with E-state index in [0.29, 0.717) is 24.8 Å². The van der Waals surface area contributed by atoms with E-state index in [4.69, 9.17) is 10.5 Å². The maximum absolute atomic E-state index is 5.53. The largest absolute Gasteiger partial charge is 0.380 e. The van der Waals surface area contributed by atoms with Crippen LogP contribution in [0.2, 0.25) is 0 Å². The molecule has 6 nitrogen and oxygen atoms in total. The van der Waals surface area contributed by atoms with E-state index in [0.717, 1.165) is 6.61 Å². The van der Waals surface area contributed by atoms with Gasteiger partial charge in [0.15, 0.2) is 0 Å². The Morgan fingerprint density at radius 2 is 2.13 bits per heavy atom. The van der Waals surface area contributed by atoms with Crippen LogP contribution >= 0.6 is 0 Å². The molecule has 0 fully saturated rings. The number of nitrogens with zero attached hydrogens (tertiary/aromatic N) is 2. The fourth-order valence-corrected chi connectivity index (χ4v) is 1.08. The van der Waals surface area contributed by atoms with E-state index in [1.54, 1.807) is 13.1 Å². The zero-order valence-electron chi connectivity index (χ0n) is 9.08. The van der Waals surface area contributed by atoms with E-state index in [-0.39, 0.29) is 5.95 Å². The lowest BCUT2D eigenvalue weighted by Crippen LogP contribution is -2.11. The summed E-state index contributed by atoms with van der Waals surface area (Å²) in [5.41, 5.74) is 5.53. The summed E-state index contributed by atoms with van der Waals surface area (Å²) in [6.45, 7) is 4.03. The molecule has 0 atom stereocenters. The number of aromatic nitrogens is 2. The van der Waals surface area contributed by atoms with Gasteiger partial charge in [-0.3, -0.25) is 0 Å².